The molecule has 0 aliphatic carbocycles. The van der Waals surface area contributed by atoms with Gasteiger partial charge in [-0.05, 0) is 29.3 Å². The summed E-state index contributed by atoms with van der Waals surface area (Å²) in [5.74, 6) is 0.947. The van der Waals surface area contributed by atoms with Crippen LogP contribution in [0, 0.1) is 5.82 Å². The van der Waals surface area contributed by atoms with Crippen LogP contribution in [0.25, 0.3) is 0 Å². The Bertz CT molecular complexity index is 630. The largest absolute Gasteiger partial charge is 0.497 e. The van der Waals surface area contributed by atoms with Crippen LogP contribution in [0.2, 0.25) is 0 Å². The van der Waals surface area contributed by atoms with Crippen molar-refractivity contribution in [2.24, 2.45) is 0 Å². The normalized spacial score (nSPS) is 10.3. The lowest BCUT2D eigenvalue weighted by molar-refractivity contribution is 0.391. The SMILES string of the molecule is COc1ccc(Cc2cc(F)cc(N)c2N)c(OC)c1. The van der Waals surface area contributed by atoms with Crippen molar-refractivity contribution in [3.8, 4) is 11.5 Å². The molecule has 0 saturated heterocycles. The van der Waals surface area contributed by atoms with Crippen LogP contribution in [0.3, 0.4) is 0 Å². The van der Waals surface area contributed by atoms with E-state index in [1.807, 2.05) is 12.1 Å². The third-order valence-electron chi connectivity index (χ3n) is 3.14. The molecule has 0 unspecified atom stereocenters. The van der Waals surface area contributed by atoms with Gasteiger partial charge in [-0.3, -0.25) is 0 Å². The number of nitrogen functional groups attached to an aromatic ring is 2. The van der Waals surface area contributed by atoms with Crippen molar-refractivity contribution >= 4 is 11.4 Å². The highest BCUT2D eigenvalue weighted by atomic mass is 19.1. The predicted octanol–water partition coefficient (Wildman–Crippen LogP) is 2.60. The predicted molar refractivity (Wildman–Crippen MR) is 77.6 cm³/mol. The van der Waals surface area contributed by atoms with Crippen molar-refractivity contribution in [1.82, 2.24) is 0 Å². The molecular weight excluding hydrogens is 259 g/mol. The van der Waals surface area contributed by atoms with E-state index in [9.17, 15) is 4.39 Å². The molecular formula is C15H17FN2O2. The smallest absolute Gasteiger partial charge is 0.126 e. The van der Waals surface area contributed by atoms with E-state index < -0.39 is 5.82 Å². The van der Waals surface area contributed by atoms with Crippen molar-refractivity contribution in [2.75, 3.05) is 25.7 Å². The lowest BCUT2D eigenvalue weighted by atomic mass is 10.0. The third-order valence-corrected chi connectivity index (χ3v) is 3.14. The second-order valence-electron chi connectivity index (χ2n) is 4.42. The lowest BCUT2D eigenvalue weighted by Crippen LogP contribution is -2.03. The first-order valence-electron chi connectivity index (χ1n) is 6.09. The fraction of sp³-hybridized carbons (Fsp3) is 0.200. The van der Waals surface area contributed by atoms with Gasteiger partial charge < -0.3 is 20.9 Å². The van der Waals surface area contributed by atoms with Crippen molar-refractivity contribution in [1.29, 1.82) is 0 Å². The minimum absolute atomic E-state index is 0.243. The first-order valence-corrected chi connectivity index (χ1v) is 6.09. The summed E-state index contributed by atoms with van der Waals surface area (Å²) < 4.78 is 23.9. The van der Waals surface area contributed by atoms with Gasteiger partial charge >= 0.3 is 0 Å². The summed E-state index contributed by atoms with van der Waals surface area (Å²) in [5.41, 5.74) is 13.7. The fourth-order valence-corrected chi connectivity index (χ4v) is 2.05. The van der Waals surface area contributed by atoms with Crippen LogP contribution in [0.4, 0.5) is 15.8 Å². The Labute approximate surface area is 117 Å². The molecule has 0 fully saturated rings. The average molecular weight is 276 g/mol. The van der Waals surface area contributed by atoms with Crippen molar-refractivity contribution in [2.45, 2.75) is 6.42 Å². The molecule has 4 N–H and O–H groups in total. The van der Waals surface area contributed by atoms with Gasteiger partial charge in [0.05, 0.1) is 25.6 Å². The Morgan fingerprint density at radius 3 is 2.40 bits per heavy atom. The summed E-state index contributed by atoms with van der Waals surface area (Å²) in [4.78, 5) is 0. The zero-order valence-electron chi connectivity index (χ0n) is 11.4. The highest BCUT2D eigenvalue weighted by Gasteiger charge is 2.11. The van der Waals surface area contributed by atoms with E-state index in [2.05, 4.69) is 0 Å². The fourth-order valence-electron chi connectivity index (χ4n) is 2.05. The Hall–Kier alpha value is -2.43. The molecule has 0 spiro atoms. The molecule has 106 valence electrons. The molecule has 20 heavy (non-hydrogen) atoms. The molecule has 0 aliphatic heterocycles. The van der Waals surface area contributed by atoms with Gasteiger partial charge in [0.2, 0.25) is 0 Å². The van der Waals surface area contributed by atoms with Crippen molar-refractivity contribution in [3.63, 3.8) is 0 Å². The molecule has 5 heteroatoms. The number of rotatable bonds is 4. The van der Waals surface area contributed by atoms with Gasteiger partial charge in [-0.25, -0.2) is 4.39 Å². The van der Waals surface area contributed by atoms with Crippen LogP contribution in [-0.2, 0) is 6.42 Å². The molecule has 0 saturated carbocycles. The molecule has 4 nitrogen and oxygen atoms in total. The van der Waals surface area contributed by atoms with Crippen LogP contribution in [-0.4, -0.2) is 14.2 Å². The van der Waals surface area contributed by atoms with E-state index in [1.165, 1.54) is 12.1 Å². The highest BCUT2D eigenvalue weighted by Crippen LogP contribution is 2.30. The van der Waals surface area contributed by atoms with Gasteiger partial charge in [0, 0.05) is 12.5 Å². The summed E-state index contributed by atoms with van der Waals surface area (Å²) in [5, 5.41) is 0. The molecule has 0 aromatic heterocycles. The highest BCUT2D eigenvalue weighted by molar-refractivity contribution is 5.68. The minimum Gasteiger partial charge on any atom is -0.497 e. The quantitative estimate of drug-likeness (QED) is 0.842. The maximum absolute atomic E-state index is 13.4. The number of nitrogens with two attached hydrogens (primary N) is 2. The molecule has 0 bridgehead atoms. The summed E-state index contributed by atoms with van der Waals surface area (Å²) in [6.45, 7) is 0. The third kappa shape index (κ3) is 2.77. The van der Waals surface area contributed by atoms with Crippen LogP contribution >= 0.6 is 0 Å². The Kier molecular flexibility index (Phi) is 3.98. The number of halogens is 1. The molecule has 2 aromatic rings. The molecule has 0 heterocycles. The van der Waals surface area contributed by atoms with E-state index in [0.717, 1.165) is 5.56 Å². The lowest BCUT2D eigenvalue weighted by Gasteiger charge is -2.13. The maximum atomic E-state index is 13.4. The summed E-state index contributed by atoms with van der Waals surface area (Å²) in [7, 11) is 3.15. The van der Waals surface area contributed by atoms with Gasteiger partial charge in [0.15, 0.2) is 0 Å². The number of hydrogen-bond donors (Lipinski definition) is 2. The van der Waals surface area contributed by atoms with E-state index in [-0.39, 0.29) is 5.69 Å². The molecule has 0 radical (unpaired) electrons. The number of ether oxygens (including phenoxy) is 2. The Balaban J connectivity index is 2.39. The van der Waals surface area contributed by atoms with Crippen LogP contribution in [0.5, 0.6) is 11.5 Å². The van der Waals surface area contributed by atoms with Crippen molar-refractivity contribution < 1.29 is 13.9 Å². The van der Waals surface area contributed by atoms with Gasteiger partial charge in [0.25, 0.3) is 0 Å². The summed E-state index contributed by atoms with van der Waals surface area (Å²) in [6.07, 6.45) is 0.432. The minimum atomic E-state index is -0.404. The van der Waals surface area contributed by atoms with E-state index >= 15 is 0 Å². The second-order valence-corrected chi connectivity index (χ2v) is 4.42. The van der Waals surface area contributed by atoms with E-state index in [4.69, 9.17) is 20.9 Å². The van der Waals surface area contributed by atoms with Crippen LogP contribution in [0.1, 0.15) is 11.1 Å². The Morgan fingerprint density at radius 2 is 1.75 bits per heavy atom. The Morgan fingerprint density at radius 1 is 1.00 bits per heavy atom. The number of hydrogen-bond acceptors (Lipinski definition) is 4. The topological polar surface area (TPSA) is 70.5 Å². The second kappa shape index (κ2) is 5.69. The monoisotopic (exact) mass is 276 g/mol. The molecule has 0 atom stereocenters. The van der Waals surface area contributed by atoms with Gasteiger partial charge in [-0.2, -0.15) is 0 Å². The zero-order valence-corrected chi connectivity index (χ0v) is 11.4. The van der Waals surface area contributed by atoms with Crippen LogP contribution < -0.4 is 20.9 Å². The van der Waals surface area contributed by atoms with E-state index in [0.29, 0.717) is 29.2 Å². The summed E-state index contributed by atoms with van der Waals surface area (Å²) in [6, 6.07) is 8.04. The molecule has 2 rings (SSSR count). The van der Waals surface area contributed by atoms with Crippen molar-refractivity contribution in [3.05, 3.63) is 47.3 Å². The first kappa shape index (κ1) is 14.0. The van der Waals surface area contributed by atoms with Gasteiger partial charge in [0.1, 0.15) is 17.3 Å². The molecule has 2 aromatic carbocycles. The first-order chi connectivity index (χ1) is 9.55. The van der Waals surface area contributed by atoms with Gasteiger partial charge in [-0.15, -0.1) is 0 Å². The van der Waals surface area contributed by atoms with Crippen LogP contribution in [0.15, 0.2) is 30.3 Å². The molecule has 0 amide bonds. The number of methoxy groups -OCH3 is 2. The van der Waals surface area contributed by atoms with E-state index in [1.54, 1.807) is 20.3 Å². The average Bonchev–Trinajstić information content (AvgIpc) is 2.44. The number of benzene rings is 2. The number of anilines is 2. The standard InChI is InChI=1S/C15H17FN2O2/c1-19-12-4-3-9(14(8-12)20-2)5-10-6-11(16)7-13(17)15(10)18/h3-4,6-8H,5,17-18H2,1-2H3. The summed E-state index contributed by atoms with van der Waals surface area (Å²) >= 11 is 0. The van der Waals surface area contributed by atoms with Gasteiger partial charge in [-0.1, -0.05) is 6.07 Å². The molecule has 0 aliphatic rings. The zero-order chi connectivity index (χ0) is 14.7. The maximum Gasteiger partial charge on any atom is 0.126 e.